The Hall–Kier alpha value is -2.23. The van der Waals surface area contributed by atoms with E-state index in [0.29, 0.717) is 18.1 Å². The molecule has 1 heterocycles. The maximum atomic E-state index is 11.0. The molecule has 0 spiro atoms. The molecule has 1 aromatic heterocycles. The summed E-state index contributed by atoms with van der Waals surface area (Å²) in [7, 11) is 0. The number of furan rings is 1. The summed E-state index contributed by atoms with van der Waals surface area (Å²) in [6.45, 7) is 5.12. The van der Waals surface area contributed by atoms with E-state index in [2.05, 4.69) is 11.8 Å². The van der Waals surface area contributed by atoms with Gasteiger partial charge in [0.15, 0.2) is 0 Å². The third kappa shape index (κ3) is 2.96. The zero-order valence-corrected chi connectivity index (χ0v) is 11.1. The number of nitrogens with zero attached hydrogens (tertiary/aromatic N) is 1. The number of hydrogen-bond donors (Lipinski definition) is 1. The van der Waals surface area contributed by atoms with Crippen molar-refractivity contribution in [2.75, 3.05) is 11.4 Å². The number of hydrogen-bond acceptors (Lipinski definition) is 3. The molecule has 4 nitrogen and oxygen atoms in total. The highest BCUT2D eigenvalue weighted by Crippen LogP contribution is 2.20. The van der Waals surface area contributed by atoms with Gasteiger partial charge in [-0.1, -0.05) is 18.2 Å². The maximum Gasteiger partial charge on any atom is 0.339 e. The van der Waals surface area contributed by atoms with Gasteiger partial charge >= 0.3 is 5.97 Å². The number of anilines is 1. The highest BCUT2D eigenvalue weighted by molar-refractivity contribution is 5.88. The number of para-hydroxylation sites is 1. The molecule has 0 atom stereocenters. The molecular weight excluding hydrogens is 242 g/mol. The summed E-state index contributed by atoms with van der Waals surface area (Å²) >= 11 is 0. The maximum absolute atomic E-state index is 11.0. The minimum Gasteiger partial charge on any atom is -0.478 e. The van der Waals surface area contributed by atoms with E-state index < -0.39 is 5.97 Å². The highest BCUT2D eigenvalue weighted by atomic mass is 16.4. The zero-order chi connectivity index (χ0) is 13.8. The Balaban J connectivity index is 2.19. The molecule has 1 N–H and O–H groups in total. The first-order valence-corrected chi connectivity index (χ1v) is 6.24. The molecular formula is C15H17NO3. The lowest BCUT2D eigenvalue weighted by Crippen LogP contribution is -2.21. The minimum absolute atomic E-state index is 0.235. The van der Waals surface area contributed by atoms with Crippen LogP contribution in [0.25, 0.3) is 0 Å². The van der Waals surface area contributed by atoms with Gasteiger partial charge in [0.2, 0.25) is 0 Å². The number of benzene rings is 1. The molecule has 0 aliphatic carbocycles. The van der Waals surface area contributed by atoms with Crippen LogP contribution in [0.4, 0.5) is 5.69 Å². The third-order valence-corrected chi connectivity index (χ3v) is 3.05. The van der Waals surface area contributed by atoms with Crippen molar-refractivity contribution in [1.29, 1.82) is 0 Å². The monoisotopic (exact) mass is 259 g/mol. The molecule has 0 saturated carbocycles. The third-order valence-electron chi connectivity index (χ3n) is 3.05. The largest absolute Gasteiger partial charge is 0.478 e. The Bertz CT molecular complexity index is 560. The van der Waals surface area contributed by atoms with Crippen LogP contribution in [0, 0.1) is 6.92 Å². The Morgan fingerprint density at radius 1 is 1.32 bits per heavy atom. The summed E-state index contributed by atoms with van der Waals surface area (Å²) in [6, 6.07) is 11.6. The normalized spacial score (nSPS) is 10.4. The Morgan fingerprint density at radius 2 is 2.00 bits per heavy atom. The molecule has 0 aliphatic heterocycles. The second-order valence-electron chi connectivity index (χ2n) is 4.34. The van der Waals surface area contributed by atoms with Crippen molar-refractivity contribution in [3.8, 4) is 0 Å². The van der Waals surface area contributed by atoms with E-state index in [9.17, 15) is 4.79 Å². The first-order valence-electron chi connectivity index (χ1n) is 6.24. The fourth-order valence-corrected chi connectivity index (χ4v) is 2.05. The summed E-state index contributed by atoms with van der Waals surface area (Å²) in [4.78, 5) is 13.1. The smallest absolute Gasteiger partial charge is 0.339 e. The molecule has 0 unspecified atom stereocenters. The molecule has 19 heavy (non-hydrogen) atoms. The summed E-state index contributed by atoms with van der Waals surface area (Å²) < 4.78 is 5.51. The van der Waals surface area contributed by atoms with Crippen LogP contribution in [0.3, 0.4) is 0 Å². The van der Waals surface area contributed by atoms with E-state index in [1.54, 1.807) is 13.0 Å². The average molecular weight is 259 g/mol. The fraction of sp³-hybridized carbons (Fsp3) is 0.267. The van der Waals surface area contributed by atoms with Gasteiger partial charge in [-0.3, -0.25) is 0 Å². The Morgan fingerprint density at radius 3 is 2.53 bits per heavy atom. The van der Waals surface area contributed by atoms with Gasteiger partial charge in [-0.25, -0.2) is 4.79 Å². The number of carbonyl (C=O) groups is 1. The van der Waals surface area contributed by atoms with Crippen molar-refractivity contribution < 1.29 is 14.3 Å². The van der Waals surface area contributed by atoms with Gasteiger partial charge in [-0.15, -0.1) is 0 Å². The number of aromatic carboxylic acids is 1. The van der Waals surface area contributed by atoms with Crippen LogP contribution in [-0.2, 0) is 6.54 Å². The predicted octanol–water partition coefficient (Wildman–Crippen LogP) is 3.31. The SMILES string of the molecule is CCN(Cc1cc(C(=O)O)c(C)o1)c1ccccc1. The molecule has 0 amide bonds. The predicted molar refractivity (Wildman–Crippen MR) is 73.6 cm³/mol. The van der Waals surface area contributed by atoms with Gasteiger partial charge in [0.05, 0.1) is 6.54 Å². The van der Waals surface area contributed by atoms with Gasteiger partial charge in [0.25, 0.3) is 0 Å². The van der Waals surface area contributed by atoms with Crippen LogP contribution >= 0.6 is 0 Å². The van der Waals surface area contributed by atoms with Gasteiger partial charge in [0, 0.05) is 12.2 Å². The molecule has 0 aliphatic rings. The highest BCUT2D eigenvalue weighted by Gasteiger charge is 2.15. The lowest BCUT2D eigenvalue weighted by molar-refractivity contribution is 0.0695. The van der Waals surface area contributed by atoms with Crippen LogP contribution in [-0.4, -0.2) is 17.6 Å². The standard InChI is InChI=1S/C15H17NO3/c1-3-16(12-7-5-4-6-8-12)10-13-9-14(15(17)18)11(2)19-13/h4-9H,3,10H2,1-2H3,(H,17,18). The molecule has 2 aromatic rings. The van der Waals surface area contributed by atoms with E-state index in [1.165, 1.54) is 0 Å². The van der Waals surface area contributed by atoms with Gasteiger partial charge in [-0.05, 0) is 32.0 Å². The topological polar surface area (TPSA) is 53.7 Å². The molecule has 2 rings (SSSR count). The van der Waals surface area contributed by atoms with Gasteiger partial charge < -0.3 is 14.4 Å². The van der Waals surface area contributed by atoms with Gasteiger partial charge in [-0.2, -0.15) is 0 Å². The van der Waals surface area contributed by atoms with Crippen LogP contribution in [0.5, 0.6) is 0 Å². The van der Waals surface area contributed by atoms with Crippen molar-refractivity contribution in [2.45, 2.75) is 20.4 Å². The number of aryl methyl sites for hydroxylation is 1. The molecule has 0 radical (unpaired) electrons. The Labute approximate surface area is 112 Å². The molecule has 0 bridgehead atoms. The van der Waals surface area contributed by atoms with Crippen LogP contribution in [0.2, 0.25) is 0 Å². The zero-order valence-electron chi connectivity index (χ0n) is 11.1. The number of carboxylic acids is 1. The lowest BCUT2D eigenvalue weighted by Gasteiger charge is -2.21. The Kier molecular flexibility index (Phi) is 3.90. The van der Waals surface area contributed by atoms with Crippen molar-refractivity contribution in [1.82, 2.24) is 0 Å². The van der Waals surface area contributed by atoms with Crippen molar-refractivity contribution in [3.63, 3.8) is 0 Å². The quantitative estimate of drug-likeness (QED) is 0.895. The molecule has 4 heteroatoms. The van der Waals surface area contributed by atoms with E-state index >= 15 is 0 Å². The first kappa shape index (κ1) is 13.2. The molecule has 1 aromatic carbocycles. The minimum atomic E-state index is -0.949. The average Bonchev–Trinajstić information content (AvgIpc) is 2.78. The van der Waals surface area contributed by atoms with E-state index in [-0.39, 0.29) is 5.56 Å². The van der Waals surface area contributed by atoms with E-state index in [4.69, 9.17) is 9.52 Å². The van der Waals surface area contributed by atoms with Crippen molar-refractivity contribution in [2.24, 2.45) is 0 Å². The van der Waals surface area contributed by atoms with Gasteiger partial charge in [0.1, 0.15) is 17.1 Å². The molecule has 0 saturated heterocycles. The second-order valence-corrected chi connectivity index (χ2v) is 4.34. The van der Waals surface area contributed by atoms with E-state index in [0.717, 1.165) is 12.2 Å². The fourth-order valence-electron chi connectivity index (χ4n) is 2.05. The summed E-state index contributed by atoms with van der Waals surface area (Å²) in [6.07, 6.45) is 0. The van der Waals surface area contributed by atoms with Crippen LogP contribution < -0.4 is 4.90 Å². The molecule has 0 fully saturated rings. The van der Waals surface area contributed by atoms with E-state index in [1.807, 2.05) is 30.3 Å². The molecule has 100 valence electrons. The van der Waals surface area contributed by atoms with Crippen LogP contribution in [0.15, 0.2) is 40.8 Å². The summed E-state index contributed by atoms with van der Waals surface area (Å²) in [5, 5.41) is 9.01. The summed E-state index contributed by atoms with van der Waals surface area (Å²) in [5.41, 5.74) is 1.33. The summed E-state index contributed by atoms with van der Waals surface area (Å²) in [5.74, 6) is 0.169. The van der Waals surface area contributed by atoms with Crippen molar-refractivity contribution >= 4 is 11.7 Å². The first-order chi connectivity index (χ1) is 9.11. The van der Waals surface area contributed by atoms with Crippen molar-refractivity contribution in [3.05, 3.63) is 53.5 Å². The lowest BCUT2D eigenvalue weighted by atomic mass is 10.2. The second kappa shape index (κ2) is 5.61. The number of rotatable bonds is 5. The van der Waals surface area contributed by atoms with Crippen LogP contribution in [0.1, 0.15) is 28.8 Å². The number of carboxylic acid groups (broad SMARTS) is 1.